The summed E-state index contributed by atoms with van der Waals surface area (Å²) in [7, 11) is 0. The molecule has 0 aliphatic carbocycles. The van der Waals surface area contributed by atoms with E-state index in [-0.39, 0.29) is 6.61 Å². The van der Waals surface area contributed by atoms with Crippen LogP contribution in [0.25, 0.3) is 0 Å². The molecule has 2 heterocycles. The summed E-state index contributed by atoms with van der Waals surface area (Å²) in [5, 5.41) is 10.3. The number of aliphatic hydroxyl groups is 1. The minimum Gasteiger partial charge on any atom is -0.392 e. The summed E-state index contributed by atoms with van der Waals surface area (Å²) < 4.78 is 0. The van der Waals surface area contributed by atoms with Gasteiger partial charge in [-0.3, -0.25) is 4.90 Å². The van der Waals surface area contributed by atoms with E-state index in [4.69, 9.17) is 11.6 Å². The lowest BCUT2D eigenvalue weighted by atomic mass is 10.1. The average Bonchev–Trinajstić information content (AvgIpc) is 2.98. The molecule has 0 radical (unpaired) electrons. The van der Waals surface area contributed by atoms with Gasteiger partial charge < -0.3 is 10.0 Å². The molecule has 0 saturated carbocycles. The zero-order chi connectivity index (χ0) is 13.9. The van der Waals surface area contributed by atoms with E-state index in [1.807, 2.05) is 18.2 Å². The zero-order valence-corrected chi connectivity index (χ0v) is 12.6. The molecule has 4 heteroatoms. The van der Waals surface area contributed by atoms with Crippen molar-refractivity contribution >= 4 is 17.3 Å². The van der Waals surface area contributed by atoms with Gasteiger partial charge in [-0.05, 0) is 44.5 Å². The monoisotopic (exact) mass is 294 g/mol. The normalized spacial score (nSPS) is 24.3. The zero-order valence-electron chi connectivity index (χ0n) is 11.9. The minimum absolute atomic E-state index is 0.0807. The molecular weight excluding hydrogens is 272 g/mol. The quantitative estimate of drug-likeness (QED) is 0.928. The van der Waals surface area contributed by atoms with Crippen molar-refractivity contribution in [3.8, 4) is 0 Å². The molecule has 0 aromatic heterocycles. The molecular formula is C16H23ClN2O. The molecule has 1 atom stereocenters. The van der Waals surface area contributed by atoms with Crippen molar-refractivity contribution in [2.45, 2.75) is 38.3 Å². The van der Waals surface area contributed by atoms with Gasteiger partial charge in [0.15, 0.2) is 0 Å². The van der Waals surface area contributed by atoms with Crippen molar-refractivity contribution in [2.24, 2.45) is 0 Å². The molecule has 1 aromatic carbocycles. The fourth-order valence-electron chi connectivity index (χ4n) is 3.51. The van der Waals surface area contributed by atoms with Gasteiger partial charge >= 0.3 is 0 Å². The van der Waals surface area contributed by atoms with E-state index in [1.54, 1.807) is 0 Å². The Kier molecular flexibility index (Phi) is 4.49. The Hall–Kier alpha value is -0.770. The van der Waals surface area contributed by atoms with Crippen molar-refractivity contribution in [2.75, 3.05) is 31.1 Å². The van der Waals surface area contributed by atoms with Gasteiger partial charge in [0.05, 0.1) is 6.61 Å². The topological polar surface area (TPSA) is 26.7 Å². The van der Waals surface area contributed by atoms with Crippen molar-refractivity contribution in [3.05, 3.63) is 28.8 Å². The Labute approximate surface area is 126 Å². The molecule has 3 nitrogen and oxygen atoms in total. The number of hydrogen-bond acceptors (Lipinski definition) is 3. The van der Waals surface area contributed by atoms with Crippen LogP contribution >= 0.6 is 11.6 Å². The van der Waals surface area contributed by atoms with Gasteiger partial charge in [0.1, 0.15) is 0 Å². The van der Waals surface area contributed by atoms with Gasteiger partial charge in [-0.1, -0.05) is 24.1 Å². The van der Waals surface area contributed by atoms with Crippen molar-refractivity contribution in [3.63, 3.8) is 0 Å². The smallest absolute Gasteiger partial charge is 0.0702 e. The molecule has 1 N–H and O–H groups in total. The molecule has 3 rings (SSSR count). The second-order valence-electron chi connectivity index (χ2n) is 5.92. The summed E-state index contributed by atoms with van der Waals surface area (Å²) in [4.78, 5) is 5.03. The molecule has 0 bridgehead atoms. The highest BCUT2D eigenvalue weighted by Gasteiger charge is 2.29. The Balaban J connectivity index is 1.71. The highest BCUT2D eigenvalue weighted by Crippen LogP contribution is 2.30. The lowest BCUT2D eigenvalue weighted by molar-refractivity contribution is 0.175. The van der Waals surface area contributed by atoms with Gasteiger partial charge in [-0.2, -0.15) is 0 Å². The van der Waals surface area contributed by atoms with Crippen LogP contribution in [0.5, 0.6) is 0 Å². The van der Waals surface area contributed by atoms with E-state index in [2.05, 4.69) is 9.80 Å². The van der Waals surface area contributed by atoms with Crippen LogP contribution in [0.4, 0.5) is 5.69 Å². The predicted octanol–water partition coefficient (Wildman–Crippen LogP) is 2.90. The highest BCUT2D eigenvalue weighted by molar-refractivity contribution is 6.30. The van der Waals surface area contributed by atoms with Crippen LogP contribution in [0, 0.1) is 0 Å². The maximum atomic E-state index is 9.50. The van der Waals surface area contributed by atoms with Crippen LogP contribution in [0.15, 0.2) is 18.2 Å². The van der Waals surface area contributed by atoms with Gasteiger partial charge in [-0.15, -0.1) is 0 Å². The first kappa shape index (κ1) is 14.2. The Morgan fingerprint density at radius 2 is 1.95 bits per heavy atom. The van der Waals surface area contributed by atoms with Gasteiger partial charge in [0, 0.05) is 35.4 Å². The number of rotatable bonds is 3. The number of halogens is 1. The molecule has 2 aliphatic heterocycles. The minimum atomic E-state index is 0.0807. The number of aliphatic hydroxyl groups excluding tert-OH is 1. The van der Waals surface area contributed by atoms with E-state index >= 15 is 0 Å². The first-order valence-corrected chi connectivity index (χ1v) is 8.04. The Morgan fingerprint density at radius 1 is 1.15 bits per heavy atom. The first-order chi connectivity index (χ1) is 9.78. The van der Waals surface area contributed by atoms with Crippen molar-refractivity contribution in [1.29, 1.82) is 0 Å². The summed E-state index contributed by atoms with van der Waals surface area (Å²) >= 11 is 6.12. The van der Waals surface area contributed by atoms with Gasteiger partial charge in [0.2, 0.25) is 0 Å². The maximum Gasteiger partial charge on any atom is 0.0702 e. The summed E-state index contributed by atoms with van der Waals surface area (Å²) in [5.74, 6) is 0. The fourth-order valence-corrected chi connectivity index (χ4v) is 3.67. The van der Waals surface area contributed by atoms with E-state index in [0.717, 1.165) is 29.4 Å². The van der Waals surface area contributed by atoms with Crippen LogP contribution in [-0.4, -0.2) is 42.2 Å². The third-order valence-corrected chi connectivity index (χ3v) is 4.86. The fraction of sp³-hybridized carbons (Fsp3) is 0.625. The first-order valence-electron chi connectivity index (χ1n) is 7.66. The number of nitrogens with zero attached hydrogens (tertiary/aromatic N) is 2. The SMILES string of the molecule is OCc1ccc(Cl)cc1N1CCC(N2CCCCC2)C1. The lowest BCUT2D eigenvalue weighted by Crippen LogP contribution is -2.40. The molecule has 110 valence electrons. The van der Waals surface area contributed by atoms with E-state index < -0.39 is 0 Å². The number of piperidine rings is 1. The number of anilines is 1. The Morgan fingerprint density at radius 3 is 2.70 bits per heavy atom. The predicted molar refractivity (Wildman–Crippen MR) is 83.4 cm³/mol. The molecule has 1 aromatic rings. The van der Waals surface area contributed by atoms with Crippen molar-refractivity contribution < 1.29 is 5.11 Å². The van der Waals surface area contributed by atoms with E-state index in [1.165, 1.54) is 38.8 Å². The molecule has 2 saturated heterocycles. The molecule has 1 unspecified atom stereocenters. The van der Waals surface area contributed by atoms with Crippen LogP contribution < -0.4 is 4.90 Å². The Bertz CT molecular complexity index is 460. The third kappa shape index (κ3) is 2.95. The van der Waals surface area contributed by atoms with E-state index in [9.17, 15) is 5.11 Å². The third-order valence-electron chi connectivity index (χ3n) is 4.63. The number of benzene rings is 1. The second-order valence-corrected chi connectivity index (χ2v) is 6.35. The summed E-state index contributed by atoms with van der Waals surface area (Å²) in [6.07, 6.45) is 5.29. The maximum absolute atomic E-state index is 9.50. The van der Waals surface area contributed by atoms with Crippen LogP contribution in [0.2, 0.25) is 5.02 Å². The molecule has 2 aliphatic rings. The van der Waals surface area contributed by atoms with Crippen molar-refractivity contribution in [1.82, 2.24) is 4.90 Å². The largest absolute Gasteiger partial charge is 0.392 e. The highest BCUT2D eigenvalue weighted by atomic mass is 35.5. The van der Waals surface area contributed by atoms with Crippen LogP contribution in [0.1, 0.15) is 31.2 Å². The standard InChI is InChI=1S/C16H23ClN2O/c17-14-5-4-13(12-20)16(10-14)19-9-6-15(11-19)18-7-2-1-3-8-18/h4-5,10,15,20H,1-3,6-9,11-12H2. The summed E-state index contributed by atoms with van der Waals surface area (Å²) in [6, 6.07) is 6.45. The molecule has 0 amide bonds. The lowest BCUT2D eigenvalue weighted by Gasteiger charge is -2.32. The molecule has 2 fully saturated rings. The van der Waals surface area contributed by atoms with Crippen LogP contribution in [-0.2, 0) is 6.61 Å². The summed E-state index contributed by atoms with van der Waals surface area (Å²) in [5.41, 5.74) is 2.09. The molecule has 0 spiro atoms. The summed E-state index contributed by atoms with van der Waals surface area (Å²) in [6.45, 7) is 4.71. The van der Waals surface area contributed by atoms with Gasteiger partial charge in [-0.25, -0.2) is 0 Å². The van der Waals surface area contributed by atoms with Crippen LogP contribution in [0.3, 0.4) is 0 Å². The second kappa shape index (κ2) is 6.33. The molecule has 20 heavy (non-hydrogen) atoms. The average molecular weight is 295 g/mol. The number of hydrogen-bond donors (Lipinski definition) is 1. The number of likely N-dealkylation sites (tertiary alicyclic amines) is 1. The van der Waals surface area contributed by atoms with Gasteiger partial charge in [0.25, 0.3) is 0 Å². The van der Waals surface area contributed by atoms with E-state index in [0.29, 0.717) is 6.04 Å².